The number of aryl methyl sites for hydroxylation is 2. The third kappa shape index (κ3) is 5.19. The van der Waals surface area contributed by atoms with Crippen molar-refractivity contribution < 1.29 is 9.59 Å². The molecule has 0 saturated carbocycles. The Balaban J connectivity index is 2.17. The zero-order valence-electron chi connectivity index (χ0n) is 17.2. The molecule has 2 aromatic rings. The van der Waals surface area contributed by atoms with E-state index in [0.29, 0.717) is 6.54 Å². The molecule has 4 nitrogen and oxygen atoms in total. The van der Waals surface area contributed by atoms with Crippen molar-refractivity contribution in [2.45, 2.75) is 53.4 Å². The molecule has 0 saturated heterocycles. The average Bonchev–Trinajstić information content (AvgIpc) is 2.58. The monoisotopic (exact) mass is 366 g/mol. The van der Waals surface area contributed by atoms with Crippen molar-refractivity contribution in [3.8, 4) is 0 Å². The summed E-state index contributed by atoms with van der Waals surface area (Å²) in [6, 6.07) is 13.8. The van der Waals surface area contributed by atoms with Gasteiger partial charge in [-0.25, -0.2) is 0 Å². The van der Waals surface area contributed by atoms with Crippen molar-refractivity contribution in [2.24, 2.45) is 0 Å². The Morgan fingerprint density at radius 1 is 0.963 bits per heavy atom. The quantitative estimate of drug-likeness (QED) is 0.811. The van der Waals surface area contributed by atoms with Crippen LogP contribution in [0.15, 0.2) is 42.5 Å². The minimum absolute atomic E-state index is 0.0634. The molecule has 0 aliphatic carbocycles. The van der Waals surface area contributed by atoms with E-state index in [1.54, 1.807) is 11.8 Å². The van der Waals surface area contributed by atoms with E-state index in [0.717, 1.165) is 28.1 Å². The van der Waals surface area contributed by atoms with Gasteiger partial charge in [-0.15, -0.1) is 0 Å². The predicted molar refractivity (Wildman–Crippen MR) is 112 cm³/mol. The molecule has 0 spiro atoms. The molecule has 0 aromatic heterocycles. The predicted octanol–water partition coefficient (Wildman–Crippen LogP) is 4.98. The Bertz CT molecular complexity index is 814. The van der Waals surface area contributed by atoms with Gasteiger partial charge in [0.25, 0.3) is 0 Å². The zero-order valence-corrected chi connectivity index (χ0v) is 17.2. The molecule has 4 heteroatoms. The highest BCUT2D eigenvalue weighted by Gasteiger charge is 2.23. The van der Waals surface area contributed by atoms with E-state index < -0.39 is 0 Å². The standard InChI is InChI=1S/C23H30N2O2/c1-16-10-9-11-17(2)22(16)24-21(27)14-15-25(18(3)26)20-13-8-7-12-19(20)23(4,5)6/h7-13H,14-15H2,1-6H3,(H,24,27). The van der Waals surface area contributed by atoms with Crippen LogP contribution in [0.1, 0.15) is 50.8 Å². The minimum Gasteiger partial charge on any atom is -0.326 e. The first-order chi connectivity index (χ1) is 12.6. The number of carbonyl (C=O) groups excluding carboxylic acids is 2. The molecule has 0 aliphatic heterocycles. The van der Waals surface area contributed by atoms with Crippen LogP contribution in [0, 0.1) is 13.8 Å². The number of hydrogen-bond donors (Lipinski definition) is 1. The molecule has 0 heterocycles. The first-order valence-corrected chi connectivity index (χ1v) is 9.35. The number of hydrogen-bond acceptors (Lipinski definition) is 2. The molecule has 0 bridgehead atoms. The highest BCUT2D eigenvalue weighted by atomic mass is 16.2. The third-order valence-corrected chi connectivity index (χ3v) is 4.69. The Hall–Kier alpha value is -2.62. The van der Waals surface area contributed by atoms with Gasteiger partial charge in [0.1, 0.15) is 0 Å². The lowest BCUT2D eigenvalue weighted by molar-refractivity contribution is -0.117. The molecule has 1 N–H and O–H groups in total. The van der Waals surface area contributed by atoms with Crippen molar-refractivity contribution in [1.82, 2.24) is 0 Å². The van der Waals surface area contributed by atoms with Crippen LogP contribution in [-0.2, 0) is 15.0 Å². The Morgan fingerprint density at radius 2 is 1.56 bits per heavy atom. The summed E-state index contributed by atoms with van der Waals surface area (Å²) in [7, 11) is 0. The van der Waals surface area contributed by atoms with Crippen LogP contribution in [0.2, 0.25) is 0 Å². The molecule has 0 fully saturated rings. The lowest BCUT2D eigenvalue weighted by Crippen LogP contribution is -2.34. The zero-order chi connectivity index (χ0) is 20.2. The second-order valence-electron chi connectivity index (χ2n) is 8.00. The van der Waals surface area contributed by atoms with Gasteiger partial charge in [-0.2, -0.15) is 0 Å². The first kappa shape index (κ1) is 20.7. The molecule has 0 radical (unpaired) electrons. The van der Waals surface area contributed by atoms with Crippen LogP contribution >= 0.6 is 0 Å². The van der Waals surface area contributed by atoms with Crippen LogP contribution in [-0.4, -0.2) is 18.4 Å². The van der Waals surface area contributed by atoms with Crippen LogP contribution in [0.3, 0.4) is 0 Å². The lowest BCUT2D eigenvalue weighted by Gasteiger charge is -2.29. The maximum Gasteiger partial charge on any atom is 0.226 e. The molecular formula is C23H30N2O2. The van der Waals surface area contributed by atoms with Crippen molar-refractivity contribution in [2.75, 3.05) is 16.8 Å². The summed E-state index contributed by atoms with van der Waals surface area (Å²) in [5, 5.41) is 2.99. The maximum atomic E-state index is 12.5. The molecular weight excluding hydrogens is 336 g/mol. The second kappa shape index (κ2) is 8.38. The van der Waals surface area contributed by atoms with Gasteiger partial charge < -0.3 is 10.2 Å². The van der Waals surface area contributed by atoms with Crippen LogP contribution in [0.25, 0.3) is 0 Å². The third-order valence-electron chi connectivity index (χ3n) is 4.69. The van der Waals surface area contributed by atoms with Crippen LogP contribution in [0.4, 0.5) is 11.4 Å². The number of para-hydroxylation sites is 2. The van der Waals surface area contributed by atoms with Crippen LogP contribution < -0.4 is 10.2 Å². The summed E-state index contributed by atoms with van der Waals surface area (Å²) in [6.45, 7) is 12.2. The molecule has 0 unspecified atom stereocenters. The van der Waals surface area contributed by atoms with E-state index in [1.807, 2.05) is 56.3 Å². The van der Waals surface area contributed by atoms with E-state index in [2.05, 4.69) is 26.1 Å². The van der Waals surface area contributed by atoms with Crippen molar-refractivity contribution in [3.05, 3.63) is 59.2 Å². The van der Waals surface area contributed by atoms with E-state index in [9.17, 15) is 9.59 Å². The Labute approximate surface area is 162 Å². The largest absolute Gasteiger partial charge is 0.326 e. The van der Waals surface area contributed by atoms with Gasteiger partial charge in [0, 0.05) is 31.3 Å². The normalized spacial score (nSPS) is 11.2. The fourth-order valence-electron chi connectivity index (χ4n) is 3.22. The van der Waals surface area contributed by atoms with Gasteiger partial charge in [0.2, 0.25) is 11.8 Å². The maximum absolute atomic E-state index is 12.5. The number of benzene rings is 2. The number of carbonyl (C=O) groups is 2. The first-order valence-electron chi connectivity index (χ1n) is 9.35. The molecule has 27 heavy (non-hydrogen) atoms. The number of rotatable bonds is 5. The van der Waals surface area contributed by atoms with Crippen molar-refractivity contribution in [3.63, 3.8) is 0 Å². The van der Waals surface area contributed by atoms with Gasteiger partial charge in [-0.05, 0) is 42.0 Å². The van der Waals surface area contributed by atoms with Crippen LogP contribution in [0.5, 0.6) is 0 Å². The topological polar surface area (TPSA) is 49.4 Å². The number of nitrogens with one attached hydrogen (secondary N) is 1. The summed E-state index contributed by atoms with van der Waals surface area (Å²) in [6.07, 6.45) is 0.242. The van der Waals surface area contributed by atoms with E-state index in [4.69, 9.17) is 0 Å². The molecule has 2 amide bonds. The summed E-state index contributed by atoms with van der Waals surface area (Å²) in [4.78, 5) is 26.5. The number of nitrogens with zero attached hydrogens (tertiary/aromatic N) is 1. The second-order valence-corrected chi connectivity index (χ2v) is 8.00. The molecule has 0 aliphatic rings. The van der Waals surface area contributed by atoms with Gasteiger partial charge >= 0.3 is 0 Å². The summed E-state index contributed by atoms with van der Waals surface area (Å²) >= 11 is 0. The Morgan fingerprint density at radius 3 is 2.11 bits per heavy atom. The summed E-state index contributed by atoms with van der Waals surface area (Å²) < 4.78 is 0. The van der Waals surface area contributed by atoms with E-state index >= 15 is 0 Å². The fourth-order valence-corrected chi connectivity index (χ4v) is 3.22. The number of amides is 2. The number of anilines is 2. The molecule has 0 atom stereocenters. The van der Waals surface area contributed by atoms with Gasteiger partial charge in [0.15, 0.2) is 0 Å². The van der Waals surface area contributed by atoms with Gasteiger partial charge in [-0.1, -0.05) is 57.2 Å². The van der Waals surface area contributed by atoms with Gasteiger partial charge in [-0.3, -0.25) is 9.59 Å². The minimum atomic E-state index is -0.0924. The SMILES string of the molecule is CC(=O)N(CCC(=O)Nc1c(C)cccc1C)c1ccccc1C(C)(C)C. The highest BCUT2D eigenvalue weighted by Crippen LogP contribution is 2.32. The van der Waals surface area contributed by atoms with E-state index in [-0.39, 0.29) is 23.7 Å². The summed E-state index contributed by atoms with van der Waals surface area (Å²) in [5.74, 6) is -0.154. The lowest BCUT2D eigenvalue weighted by atomic mass is 9.85. The van der Waals surface area contributed by atoms with Crippen molar-refractivity contribution in [1.29, 1.82) is 0 Å². The highest BCUT2D eigenvalue weighted by molar-refractivity contribution is 5.96. The fraction of sp³-hybridized carbons (Fsp3) is 0.391. The smallest absolute Gasteiger partial charge is 0.226 e. The van der Waals surface area contributed by atoms with Gasteiger partial charge in [0.05, 0.1) is 0 Å². The molecule has 2 rings (SSSR count). The van der Waals surface area contributed by atoms with E-state index in [1.165, 1.54) is 0 Å². The Kier molecular flexibility index (Phi) is 6.42. The van der Waals surface area contributed by atoms with Crippen molar-refractivity contribution >= 4 is 23.2 Å². The molecule has 144 valence electrons. The summed E-state index contributed by atoms with van der Waals surface area (Å²) in [5.41, 5.74) is 4.79. The average molecular weight is 367 g/mol. The molecule has 2 aromatic carbocycles.